The zero-order valence-electron chi connectivity index (χ0n) is 15.7. The van der Waals surface area contributed by atoms with Crippen molar-refractivity contribution in [2.45, 2.75) is 26.8 Å². The molecule has 1 saturated heterocycles. The zero-order valence-corrected chi connectivity index (χ0v) is 15.7. The van der Waals surface area contributed by atoms with Crippen LogP contribution in [0.5, 0.6) is 0 Å². The average molecular weight is 364 g/mol. The minimum absolute atomic E-state index is 0.119. The van der Waals surface area contributed by atoms with Gasteiger partial charge in [0.1, 0.15) is 6.04 Å². The Morgan fingerprint density at radius 1 is 1.19 bits per heavy atom. The maximum atomic E-state index is 12.5. The van der Waals surface area contributed by atoms with Crippen molar-refractivity contribution in [3.8, 4) is 0 Å². The molecule has 0 aromatic carbocycles. The van der Waals surface area contributed by atoms with Gasteiger partial charge in [0.15, 0.2) is 5.76 Å². The number of nitrogens with one attached hydrogen (secondary N) is 1. The Morgan fingerprint density at radius 3 is 2.38 bits per heavy atom. The minimum atomic E-state index is -0.628. The van der Waals surface area contributed by atoms with Gasteiger partial charge in [0.05, 0.1) is 12.8 Å². The first-order valence-electron chi connectivity index (χ1n) is 9.09. The Morgan fingerprint density at radius 2 is 1.85 bits per heavy atom. The summed E-state index contributed by atoms with van der Waals surface area (Å²) in [5, 5.41) is 2.65. The Kier molecular flexibility index (Phi) is 7.20. The van der Waals surface area contributed by atoms with E-state index in [0.29, 0.717) is 45.8 Å². The topological polar surface area (TPSA) is 86.1 Å². The second-order valence-corrected chi connectivity index (χ2v) is 6.34. The lowest BCUT2D eigenvalue weighted by molar-refractivity contribution is -0.136. The second kappa shape index (κ2) is 9.38. The highest BCUT2D eigenvalue weighted by Gasteiger charge is 2.27. The van der Waals surface area contributed by atoms with Crippen LogP contribution >= 0.6 is 0 Å². The van der Waals surface area contributed by atoms with Crippen molar-refractivity contribution in [2.75, 3.05) is 45.8 Å². The highest BCUT2D eigenvalue weighted by Crippen LogP contribution is 2.06. The van der Waals surface area contributed by atoms with Gasteiger partial charge < -0.3 is 19.5 Å². The number of piperazine rings is 1. The maximum absolute atomic E-state index is 12.5. The summed E-state index contributed by atoms with van der Waals surface area (Å²) in [5.41, 5.74) is 0. The van der Waals surface area contributed by atoms with Crippen molar-refractivity contribution in [3.63, 3.8) is 0 Å². The van der Waals surface area contributed by atoms with E-state index in [1.54, 1.807) is 24.0 Å². The number of hydrogen-bond donors (Lipinski definition) is 1. The van der Waals surface area contributed by atoms with Gasteiger partial charge in [0.25, 0.3) is 5.91 Å². The van der Waals surface area contributed by atoms with Crippen LogP contribution in [0.4, 0.5) is 0 Å². The smallest absolute Gasteiger partial charge is 0.287 e. The van der Waals surface area contributed by atoms with E-state index < -0.39 is 11.9 Å². The van der Waals surface area contributed by atoms with Gasteiger partial charge in [0.2, 0.25) is 11.8 Å². The molecule has 2 rings (SSSR count). The molecule has 1 unspecified atom stereocenters. The van der Waals surface area contributed by atoms with Crippen molar-refractivity contribution >= 4 is 17.7 Å². The molecule has 1 aliphatic heterocycles. The first kappa shape index (κ1) is 20.0. The van der Waals surface area contributed by atoms with E-state index in [2.05, 4.69) is 10.2 Å². The third kappa shape index (κ3) is 5.08. The first-order chi connectivity index (χ1) is 12.5. The fourth-order valence-corrected chi connectivity index (χ4v) is 3.01. The summed E-state index contributed by atoms with van der Waals surface area (Å²) in [6, 6.07) is 2.55. The number of carbonyl (C=O) groups excluding carboxylic acids is 3. The normalized spacial score (nSPS) is 16.2. The number of hydrogen-bond acceptors (Lipinski definition) is 5. The fraction of sp³-hybridized carbons (Fsp3) is 0.611. The molecule has 0 bridgehead atoms. The largest absolute Gasteiger partial charge is 0.459 e. The molecule has 0 aliphatic carbocycles. The van der Waals surface area contributed by atoms with Crippen LogP contribution in [0.1, 0.15) is 31.3 Å². The number of nitrogens with zero attached hydrogens (tertiary/aromatic N) is 3. The summed E-state index contributed by atoms with van der Waals surface area (Å²) >= 11 is 0. The van der Waals surface area contributed by atoms with Crippen LogP contribution in [0.25, 0.3) is 0 Å². The molecule has 8 nitrogen and oxygen atoms in total. The van der Waals surface area contributed by atoms with Gasteiger partial charge in [-0.2, -0.15) is 0 Å². The maximum Gasteiger partial charge on any atom is 0.287 e. The molecule has 1 aromatic rings. The van der Waals surface area contributed by atoms with Gasteiger partial charge in [0, 0.05) is 39.3 Å². The molecule has 1 fully saturated rings. The van der Waals surface area contributed by atoms with Crippen molar-refractivity contribution in [3.05, 3.63) is 24.2 Å². The molecule has 0 saturated carbocycles. The lowest BCUT2D eigenvalue weighted by Gasteiger charge is -2.36. The average Bonchev–Trinajstić information content (AvgIpc) is 3.17. The third-order valence-corrected chi connectivity index (χ3v) is 4.62. The monoisotopic (exact) mass is 364 g/mol. The van der Waals surface area contributed by atoms with E-state index in [1.807, 2.05) is 18.7 Å². The molecule has 0 radical (unpaired) electrons. The predicted octanol–water partition coefficient (Wildman–Crippen LogP) is 0.411. The zero-order chi connectivity index (χ0) is 19.1. The molecule has 3 amide bonds. The van der Waals surface area contributed by atoms with Crippen LogP contribution in [0.3, 0.4) is 0 Å². The Bertz CT molecular complexity index is 605. The van der Waals surface area contributed by atoms with Gasteiger partial charge in [-0.05, 0) is 32.9 Å². The van der Waals surface area contributed by atoms with E-state index in [-0.39, 0.29) is 17.6 Å². The van der Waals surface area contributed by atoms with Gasteiger partial charge in [-0.3, -0.25) is 19.3 Å². The number of amides is 3. The first-order valence-corrected chi connectivity index (χ1v) is 9.09. The van der Waals surface area contributed by atoms with Crippen molar-refractivity contribution in [1.29, 1.82) is 0 Å². The molecule has 8 heteroatoms. The quantitative estimate of drug-likeness (QED) is 0.757. The summed E-state index contributed by atoms with van der Waals surface area (Å²) in [4.78, 5) is 42.3. The van der Waals surface area contributed by atoms with Crippen LogP contribution < -0.4 is 5.32 Å². The van der Waals surface area contributed by atoms with E-state index in [9.17, 15) is 14.4 Å². The van der Waals surface area contributed by atoms with Crippen LogP contribution in [0, 0.1) is 0 Å². The molecule has 0 spiro atoms. The predicted molar refractivity (Wildman–Crippen MR) is 96.6 cm³/mol. The van der Waals surface area contributed by atoms with Gasteiger partial charge in [-0.25, -0.2) is 0 Å². The summed E-state index contributed by atoms with van der Waals surface area (Å²) in [7, 11) is 0. The van der Waals surface area contributed by atoms with E-state index in [4.69, 9.17) is 4.42 Å². The summed E-state index contributed by atoms with van der Waals surface area (Å²) in [6.45, 7) is 9.80. The molecule has 2 heterocycles. The standard InChI is InChI=1S/C18H28N4O4/c1-4-21(5-2)16(23)13-20-8-10-22(11-9-20)18(25)14(3)19-17(24)15-7-6-12-26-15/h6-7,12,14H,4-5,8-11,13H2,1-3H3,(H,19,24). The molecule has 26 heavy (non-hydrogen) atoms. The lowest BCUT2D eigenvalue weighted by Crippen LogP contribution is -2.55. The summed E-state index contributed by atoms with van der Waals surface area (Å²) in [6.07, 6.45) is 1.42. The Labute approximate surface area is 154 Å². The molecule has 1 aromatic heterocycles. The second-order valence-electron chi connectivity index (χ2n) is 6.34. The molecule has 144 valence electrons. The van der Waals surface area contributed by atoms with E-state index in [0.717, 1.165) is 0 Å². The van der Waals surface area contributed by atoms with E-state index >= 15 is 0 Å². The van der Waals surface area contributed by atoms with Crippen LogP contribution in [-0.2, 0) is 9.59 Å². The Balaban J connectivity index is 1.78. The minimum Gasteiger partial charge on any atom is -0.459 e. The lowest BCUT2D eigenvalue weighted by atomic mass is 10.2. The molecule has 1 aliphatic rings. The summed E-state index contributed by atoms with van der Waals surface area (Å²) < 4.78 is 5.03. The summed E-state index contributed by atoms with van der Waals surface area (Å²) in [5.74, 6) is -0.225. The molecule has 1 N–H and O–H groups in total. The van der Waals surface area contributed by atoms with Gasteiger partial charge in [-0.1, -0.05) is 0 Å². The van der Waals surface area contributed by atoms with Crippen LogP contribution in [0.2, 0.25) is 0 Å². The number of furan rings is 1. The highest BCUT2D eigenvalue weighted by atomic mass is 16.3. The number of carbonyl (C=O) groups is 3. The van der Waals surface area contributed by atoms with Gasteiger partial charge >= 0.3 is 0 Å². The van der Waals surface area contributed by atoms with Crippen molar-refractivity contribution < 1.29 is 18.8 Å². The molecule has 1 atom stereocenters. The fourth-order valence-electron chi connectivity index (χ4n) is 3.01. The number of rotatable bonds is 7. The van der Waals surface area contributed by atoms with Crippen molar-refractivity contribution in [1.82, 2.24) is 20.0 Å². The van der Waals surface area contributed by atoms with E-state index in [1.165, 1.54) is 6.26 Å². The molecular formula is C18H28N4O4. The third-order valence-electron chi connectivity index (χ3n) is 4.62. The highest BCUT2D eigenvalue weighted by molar-refractivity contribution is 5.95. The SMILES string of the molecule is CCN(CC)C(=O)CN1CCN(C(=O)C(C)NC(=O)c2ccco2)CC1. The van der Waals surface area contributed by atoms with Crippen LogP contribution in [0.15, 0.2) is 22.8 Å². The van der Waals surface area contributed by atoms with Gasteiger partial charge in [-0.15, -0.1) is 0 Å². The molecular weight excluding hydrogens is 336 g/mol. The van der Waals surface area contributed by atoms with Crippen molar-refractivity contribution in [2.24, 2.45) is 0 Å². The Hall–Kier alpha value is -2.35. The number of likely N-dealkylation sites (N-methyl/N-ethyl adjacent to an activating group) is 1. The van der Waals surface area contributed by atoms with Crippen LogP contribution in [-0.4, -0.2) is 84.3 Å².